The van der Waals surface area contributed by atoms with Gasteiger partial charge in [-0.3, -0.25) is 4.40 Å². The summed E-state index contributed by atoms with van der Waals surface area (Å²) >= 11 is 0. The molecule has 0 radical (unpaired) electrons. The average molecular weight is 431 g/mol. The molecule has 0 fully saturated rings. The molecule has 0 atom stereocenters. The van der Waals surface area contributed by atoms with Gasteiger partial charge in [-0.2, -0.15) is 0 Å². The van der Waals surface area contributed by atoms with E-state index in [1.54, 1.807) is 14.2 Å². The van der Waals surface area contributed by atoms with Crippen molar-refractivity contribution >= 4 is 27.5 Å². The second kappa shape index (κ2) is 7.68. The largest absolute Gasteiger partial charge is 0.497 e. The van der Waals surface area contributed by atoms with Gasteiger partial charge in [0, 0.05) is 22.4 Å². The Morgan fingerprint density at radius 1 is 0.697 bits per heavy atom. The third-order valence-electron chi connectivity index (χ3n) is 6.15. The van der Waals surface area contributed by atoms with Gasteiger partial charge in [0.25, 0.3) is 0 Å². The minimum Gasteiger partial charge on any atom is -0.497 e. The Labute approximate surface area is 191 Å². The zero-order valence-corrected chi connectivity index (χ0v) is 18.4. The van der Waals surface area contributed by atoms with Crippen LogP contribution in [0.15, 0.2) is 97.1 Å². The van der Waals surface area contributed by atoms with Gasteiger partial charge in [-0.05, 0) is 29.3 Å². The van der Waals surface area contributed by atoms with E-state index in [1.807, 2.05) is 24.3 Å². The van der Waals surface area contributed by atoms with Crippen molar-refractivity contribution in [1.29, 1.82) is 0 Å². The summed E-state index contributed by atoms with van der Waals surface area (Å²) in [4.78, 5) is 5.07. The molecule has 0 amide bonds. The summed E-state index contributed by atoms with van der Waals surface area (Å²) in [5.74, 6) is 1.50. The fourth-order valence-corrected chi connectivity index (χ4v) is 4.72. The number of hydrogen-bond acceptors (Lipinski definition) is 3. The van der Waals surface area contributed by atoms with Gasteiger partial charge in [0.05, 0.1) is 30.9 Å². The van der Waals surface area contributed by atoms with Gasteiger partial charge in [0.1, 0.15) is 17.1 Å². The van der Waals surface area contributed by atoms with Crippen LogP contribution in [0, 0.1) is 0 Å². The number of pyridine rings is 1. The average Bonchev–Trinajstić information content (AvgIpc) is 3.28. The molecule has 0 saturated carbocycles. The van der Waals surface area contributed by atoms with Crippen LogP contribution < -0.4 is 9.47 Å². The van der Waals surface area contributed by atoms with Crippen molar-refractivity contribution in [2.45, 2.75) is 0 Å². The molecular formula is C29H22N2O2. The van der Waals surface area contributed by atoms with E-state index in [1.165, 1.54) is 0 Å². The van der Waals surface area contributed by atoms with Crippen molar-refractivity contribution in [2.24, 2.45) is 0 Å². The maximum absolute atomic E-state index is 5.93. The first-order valence-electron chi connectivity index (χ1n) is 10.9. The number of hydrogen-bond donors (Lipinski definition) is 0. The first-order chi connectivity index (χ1) is 16.3. The highest BCUT2D eigenvalue weighted by atomic mass is 16.5. The second-order valence-corrected chi connectivity index (χ2v) is 7.97. The minimum absolute atomic E-state index is 0.736. The highest BCUT2D eigenvalue weighted by molar-refractivity contribution is 6.13. The Balaban J connectivity index is 1.96. The number of methoxy groups -OCH3 is 2. The lowest BCUT2D eigenvalue weighted by atomic mass is 9.93. The maximum Gasteiger partial charge on any atom is 0.146 e. The molecule has 33 heavy (non-hydrogen) atoms. The Morgan fingerprint density at radius 2 is 1.36 bits per heavy atom. The third-order valence-corrected chi connectivity index (χ3v) is 6.15. The highest BCUT2D eigenvalue weighted by Crippen LogP contribution is 2.46. The van der Waals surface area contributed by atoms with Gasteiger partial charge in [-0.15, -0.1) is 0 Å². The molecule has 2 aromatic heterocycles. The van der Waals surface area contributed by atoms with Crippen LogP contribution in [0.25, 0.3) is 49.8 Å². The molecule has 0 unspecified atom stereocenters. The first kappa shape index (κ1) is 19.4. The number of fused-ring (bicyclic) bond motifs is 5. The van der Waals surface area contributed by atoms with Crippen LogP contribution in [0.2, 0.25) is 0 Å². The van der Waals surface area contributed by atoms with Gasteiger partial charge < -0.3 is 9.47 Å². The van der Waals surface area contributed by atoms with Crippen LogP contribution in [0.4, 0.5) is 0 Å². The Bertz CT molecular complexity index is 1620. The van der Waals surface area contributed by atoms with Gasteiger partial charge in [0.15, 0.2) is 0 Å². The van der Waals surface area contributed by atoms with Gasteiger partial charge in [-0.1, -0.05) is 72.8 Å². The van der Waals surface area contributed by atoms with E-state index in [4.69, 9.17) is 14.5 Å². The summed E-state index contributed by atoms with van der Waals surface area (Å²) in [5.41, 5.74) is 7.30. The molecular weight excluding hydrogens is 408 g/mol. The molecule has 160 valence electrons. The lowest BCUT2D eigenvalue weighted by Crippen LogP contribution is -2.00. The van der Waals surface area contributed by atoms with E-state index in [9.17, 15) is 0 Å². The van der Waals surface area contributed by atoms with Crippen LogP contribution in [-0.4, -0.2) is 23.6 Å². The monoisotopic (exact) mass is 430 g/mol. The molecule has 0 aliphatic heterocycles. The van der Waals surface area contributed by atoms with E-state index < -0.39 is 0 Å². The van der Waals surface area contributed by atoms with E-state index in [0.29, 0.717) is 0 Å². The number of aromatic nitrogens is 2. The lowest BCUT2D eigenvalue weighted by Gasteiger charge is -2.20. The van der Waals surface area contributed by atoms with Crippen molar-refractivity contribution in [3.8, 4) is 33.9 Å². The fourth-order valence-electron chi connectivity index (χ4n) is 4.72. The van der Waals surface area contributed by atoms with E-state index >= 15 is 0 Å². The predicted octanol–water partition coefficient (Wildman–Crippen LogP) is 6.99. The summed E-state index contributed by atoms with van der Waals surface area (Å²) in [6.45, 7) is 0. The molecule has 4 nitrogen and oxygen atoms in total. The number of nitrogens with zero attached hydrogens (tertiary/aromatic N) is 2. The molecule has 2 heterocycles. The molecule has 0 N–H and O–H groups in total. The van der Waals surface area contributed by atoms with Gasteiger partial charge >= 0.3 is 0 Å². The Kier molecular flexibility index (Phi) is 4.51. The molecule has 0 saturated heterocycles. The van der Waals surface area contributed by atoms with Crippen LogP contribution in [0.3, 0.4) is 0 Å². The quantitative estimate of drug-likeness (QED) is 0.302. The molecule has 4 heteroatoms. The lowest BCUT2D eigenvalue weighted by molar-refractivity contribution is 0.398. The number of imidazole rings is 1. The van der Waals surface area contributed by atoms with Crippen LogP contribution >= 0.6 is 0 Å². The summed E-state index contributed by atoms with van der Waals surface area (Å²) in [6.07, 6.45) is 0. The van der Waals surface area contributed by atoms with Crippen LogP contribution in [-0.2, 0) is 0 Å². The third kappa shape index (κ3) is 2.95. The fraction of sp³-hybridized carbons (Fsp3) is 0.0690. The molecule has 0 bridgehead atoms. The van der Waals surface area contributed by atoms with E-state index in [0.717, 1.165) is 61.3 Å². The van der Waals surface area contributed by atoms with E-state index in [2.05, 4.69) is 77.2 Å². The highest BCUT2D eigenvalue weighted by Gasteiger charge is 2.23. The van der Waals surface area contributed by atoms with Gasteiger partial charge in [0.2, 0.25) is 0 Å². The first-order valence-corrected chi connectivity index (χ1v) is 10.9. The molecule has 4 aromatic carbocycles. The SMILES string of the molecule is COc1cc(OC)c2c(-c3ccccc3)c(-c3ccccc3)n3c4ccccc4nc3c2c1. The molecule has 0 aliphatic carbocycles. The normalized spacial score (nSPS) is 11.3. The Morgan fingerprint density at radius 3 is 2.06 bits per heavy atom. The van der Waals surface area contributed by atoms with Crippen molar-refractivity contribution in [1.82, 2.24) is 9.38 Å². The zero-order valence-electron chi connectivity index (χ0n) is 18.4. The summed E-state index contributed by atoms with van der Waals surface area (Å²) in [7, 11) is 3.38. The second-order valence-electron chi connectivity index (χ2n) is 7.97. The zero-order chi connectivity index (χ0) is 22.4. The van der Waals surface area contributed by atoms with Crippen molar-refractivity contribution < 1.29 is 9.47 Å². The van der Waals surface area contributed by atoms with Crippen LogP contribution in [0.5, 0.6) is 11.5 Å². The number of rotatable bonds is 4. The minimum atomic E-state index is 0.736. The van der Waals surface area contributed by atoms with Gasteiger partial charge in [-0.25, -0.2) is 4.98 Å². The standard InChI is InChI=1S/C29H22N2O2/c1-32-21-17-22-27(25(18-21)33-2)26(19-11-5-3-6-12-19)28(20-13-7-4-8-14-20)31-24-16-10-9-15-23(24)30-29(22)31/h3-18H,1-2H3. The summed E-state index contributed by atoms with van der Waals surface area (Å²) < 4.78 is 13.8. The predicted molar refractivity (Wildman–Crippen MR) is 134 cm³/mol. The summed E-state index contributed by atoms with van der Waals surface area (Å²) in [6, 6.07) is 33.2. The number of benzene rings is 4. The topological polar surface area (TPSA) is 35.8 Å². The smallest absolute Gasteiger partial charge is 0.146 e. The van der Waals surface area contributed by atoms with Crippen molar-refractivity contribution in [3.05, 3.63) is 97.1 Å². The molecule has 6 rings (SSSR count). The number of para-hydroxylation sites is 2. The Hall–Kier alpha value is -4.31. The summed E-state index contributed by atoms with van der Waals surface area (Å²) in [5, 5.41) is 2.01. The van der Waals surface area contributed by atoms with Crippen molar-refractivity contribution in [2.75, 3.05) is 14.2 Å². The molecule has 0 spiro atoms. The van der Waals surface area contributed by atoms with Crippen molar-refractivity contribution in [3.63, 3.8) is 0 Å². The maximum atomic E-state index is 5.93. The molecule has 6 aromatic rings. The van der Waals surface area contributed by atoms with E-state index in [-0.39, 0.29) is 0 Å². The molecule has 0 aliphatic rings. The number of ether oxygens (including phenoxy) is 2. The van der Waals surface area contributed by atoms with Crippen LogP contribution in [0.1, 0.15) is 0 Å².